The lowest BCUT2D eigenvalue weighted by molar-refractivity contribution is 0.0963. The lowest BCUT2D eigenvalue weighted by Crippen LogP contribution is -2.29. The first-order valence-electron chi connectivity index (χ1n) is 5.95. The number of aliphatic hydroxyl groups is 1. The number of sulfonamides is 1. The van der Waals surface area contributed by atoms with Gasteiger partial charge in [-0.1, -0.05) is 0 Å². The zero-order valence-corrected chi connectivity index (χ0v) is 11.4. The molecule has 104 valence electrons. The van der Waals surface area contributed by atoms with Crippen LogP contribution in [0.25, 0.3) is 0 Å². The van der Waals surface area contributed by atoms with E-state index in [-0.39, 0.29) is 17.3 Å². The van der Waals surface area contributed by atoms with Gasteiger partial charge in [-0.25, -0.2) is 8.42 Å². The van der Waals surface area contributed by atoms with Crippen molar-refractivity contribution in [2.24, 2.45) is 0 Å². The minimum atomic E-state index is -3.58. The molecule has 1 aliphatic rings. The van der Waals surface area contributed by atoms with Crippen molar-refractivity contribution >= 4 is 15.9 Å². The van der Waals surface area contributed by atoms with Crippen LogP contribution in [0.1, 0.15) is 16.8 Å². The summed E-state index contributed by atoms with van der Waals surface area (Å²) in [6.45, 7) is 0.445. The fourth-order valence-electron chi connectivity index (χ4n) is 2.00. The topological polar surface area (TPSA) is 86.7 Å². The van der Waals surface area contributed by atoms with E-state index in [1.54, 1.807) is 0 Å². The minimum absolute atomic E-state index is 0.125. The molecule has 0 spiro atoms. The van der Waals surface area contributed by atoms with Crippen molar-refractivity contribution in [1.82, 2.24) is 9.62 Å². The van der Waals surface area contributed by atoms with Crippen LogP contribution in [-0.2, 0) is 10.0 Å². The van der Waals surface area contributed by atoms with E-state index < -0.39 is 16.1 Å². The maximum absolute atomic E-state index is 12.2. The van der Waals surface area contributed by atoms with E-state index in [2.05, 4.69) is 5.32 Å². The third kappa shape index (κ3) is 2.78. The highest BCUT2D eigenvalue weighted by molar-refractivity contribution is 7.89. The Morgan fingerprint density at radius 3 is 2.47 bits per heavy atom. The predicted molar refractivity (Wildman–Crippen MR) is 69.2 cm³/mol. The molecule has 1 atom stereocenters. The number of nitrogens with one attached hydrogen (secondary N) is 1. The quantitative estimate of drug-likeness (QED) is 0.805. The second kappa shape index (κ2) is 5.28. The molecule has 0 saturated carbocycles. The molecule has 1 heterocycles. The van der Waals surface area contributed by atoms with Gasteiger partial charge in [0.05, 0.1) is 11.0 Å². The normalized spacial score (nSPS) is 20.4. The largest absolute Gasteiger partial charge is 0.392 e. The van der Waals surface area contributed by atoms with E-state index in [9.17, 15) is 18.3 Å². The Labute approximate surface area is 112 Å². The number of hydrogen-bond donors (Lipinski definition) is 2. The summed E-state index contributed by atoms with van der Waals surface area (Å²) in [6.07, 6.45) is -0.143. The molecule has 1 aromatic carbocycles. The Kier molecular flexibility index (Phi) is 3.88. The van der Waals surface area contributed by atoms with E-state index in [0.717, 1.165) is 0 Å². The maximum Gasteiger partial charge on any atom is 0.251 e. The zero-order chi connectivity index (χ0) is 14.0. The monoisotopic (exact) mass is 284 g/mol. The molecule has 1 fully saturated rings. The number of hydrogen-bond acceptors (Lipinski definition) is 4. The number of aliphatic hydroxyl groups excluding tert-OH is 1. The molecule has 1 aromatic rings. The first kappa shape index (κ1) is 14.0. The van der Waals surface area contributed by atoms with E-state index in [1.807, 2.05) is 0 Å². The van der Waals surface area contributed by atoms with Crippen LogP contribution in [0.15, 0.2) is 29.2 Å². The third-order valence-electron chi connectivity index (χ3n) is 3.11. The summed E-state index contributed by atoms with van der Waals surface area (Å²) in [5, 5.41) is 11.9. The van der Waals surface area contributed by atoms with Crippen molar-refractivity contribution in [3.8, 4) is 0 Å². The van der Waals surface area contributed by atoms with Gasteiger partial charge in [-0.05, 0) is 30.7 Å². The number of nitrogens with zero attached hydrogens (tertiary/aromatic N) is 1. The smallest absolute Gasteiger partial charge is 0.251 e. The number of rotatable bonds is 3. The van der Waals surface area contributed by atoms with E-state index in [1.165, 1.54) is 35.6 Å². The van der Waals surface area contributed by atoms with Crippen LogP contribution in [0, 0.1) is 0 Å². The minimum Gasteiger partial charge on any atom is -0.392 e. The lowest BCUT2D eigenvalue weighted by Gasteiger charge is -2.15. The average molecular weight is 284 g/mol. The van der Waals surface area contributed by atoms with Crippen molar-refractivity contribution in [2.45, 2.75) is 17.4 Å². The van der Waals surface area contributed by atoms with Gasteiger partial charge in [0.2, 0.25) is 10.0 Å². The van der Waals surface area contributed by atoms with Gasteiger partial charge in [-0.3, -0.25) is 4.79 Å². The highest BCUT2D eigenvalue weighted by Gasteiger charge is 2.31. The molecule has 19 heavy (non-hydrogen) atoms. The first-order valence-corrected chi connectivity index (χ1v) is 7.39. The fourth-order valence-corrected chi connectivity index (χ4v) is 3.49. The molecule has 7 heteroatoms. The molecule has 6 nitrogen and oxygen atoms in total. The summed E-state index contributed by atoms with van der Waals surface area (Å²) in [6, 6.07) is 5.76. The number of carbonyl (C=O) groups excluding carboxylic acids is 1. The second-order valence-electron chi connectivity index (χ2n) is 4.41. The molecule has 0 radical (unpaired) electrons. The van der Waals surface area contributed by atoms with Gasteiger partial charge in [-0.2, -0.15) is 4.31 Å². The first-order chi connectivity index (χ1) is 8.95. The van der Waals surface area contributed by atoms with Crippen molar-refractivity contribution < 1.29 is 18.3 Å². The SMILES string of the molecule is CNC(=O)c1ccc(S(=O)(=O)N2CC[C@@H](O)C2)cc1. The Balaban J connectivity index is 2.24. The van der Waals surface area contributed by atoms with Gasteiger partial charge >= 0.3 is 0 Å². The van der Waals surface area contributed by atoms with Gasteiger partial charge in [0.1, 0.15) is 0 Å². The van der Waals surface area contributed by atoms with Crippen LogP contribution >= 0.6 is 0 Å². The maximum atomic E-state index is 12.2. The third-order valence-corrected chi connectivity index (χ3v) is 4.99. The number of benzene rings is 1. The van der Waals surface area contributed by atoms with E-state index in [4.69, 9.17) is 0 Å². The highest BCUT2D eigenvalue weighted by atomic mass is 32.2. The summed E-state index contributed by atoms with van der Waals surface area (Å²) in [5.74, 6) is -0.263. The van der Waals surface area contributed by atoms with Crippen LogP contribution in [0.5, 0.6) is 0 Å². The van der Waals surface area contributed by atoms with Gasteiger partial charge in [0, 0.05) is 25.7 Å². The number of carbonyl (C=O) groups is 1. The summed E-state index contributed by atoms with van der Waals surface area (Å²) >= 11 is 0. The molecule has 2 N–H and O–H groups in total. The molecule has 0 aliphatic carbocycles. The number of amides is 1. The van der Waals surface area contributed by atoms with Gasteiger partial charge in [0.15, 0.2) is 0 Å². The van der Waals surface area contributed by atoms with E-state index in [0.29, 0.717) is 18.5 Å². The lowest BCUT2D eigenvalue weighted by atomic mass is 10.2. The molecule has 1 amide bonds. The fraction of sp³-hybridized carbons (Fsp3) is 0.417. The predicted octanol–water partition coefficient (Wildman–Crippen LogP) is -0.198. The Morgan fingerprint density at radius 1 is 1.37 bits per heavy atom. The highest BCUT2D eigenvalue weighted by Crippen LogP contribution is 2.21. The second-order valence-corrected chi connectivity index (χ2v) is 6.35. The Bertz CT molecular complexity index is 568. The van der Waals surface area contributed by atoms with Crippen LogP contribution < -0.4 is 5.32 Å². The van der Waals surface area contributed by atoms with Crippen molar-refractivity contribution in [3.63, 3.8) is 0 Å². The van der Waals surface area contributed by atoms with Gasteiger partial charge < -0.3 is 10.4 Å². The molecule has 2 rings (SSSR count). The van der Waals surface area contributed by atoms with Crippen LogP contribution in [0.2, 0.25) is 0 Å². The Morgan fingerprint density at radius 2 is 2.00 bits per heavy atom. The summed E-state index contributed by atoms with van der Waals surface area (Å²) < 4.78 is 25.7. The zero-order valence-electron chi connectivity index (χ0n) is 10.5. The molecule has 0 aromatic heterocycles. The summed E-state index contributed by atoms with van der Waals surface area (Å²) in [7, 11) is -2.07. The van der Waals surface area contributed by atoms with Crippen LogP contribution in [-0.4, -0.2) is 50.0 Å². The number of β-amino-alcohol motifs (C(OH)–C–C–N with tert-alkyl or cyclic N) is 1. The van der Waals surface area contributed by atoms with Gasteiger partial charge in [-0.15, -0.1) is 0 Å². The molecule has 1 saturated heterocycles. The van der Waals surface area contributed by atoms with Crippen LogP contribution in [0.4, 0.5) is 0 Å². The van der Waals surface area contributed by atoms with E-state index >= 15 is 0 Å². The van der Waals surface area contributed by atoms with Crippen molar-refractivity contribution in [3.05, 3.63) is 29.8 Å². The molecule has 0 bridgehead atoms. The van der Waals surface area contributed by atoms with Crippen LogP contribution in [0.3, 0.4) is 0 Å². The average Bonchev–Trinajstić information content (AvgIpc) is 2.85. The molecular formula is C12H16N2O4S. The molecule has 1 aliphatic heterocycles. The molecule has 0 unspecified atom stereocenters. The van der Waals surface area contributed by atoms with Gasteiger partial charge in [0.25, 0.3) is 5.91 Å². The molecular weight excluding hydrogens is 268 g/mol. The summed E-state index contributed by atoms with van der Waals surface area (Å²) in [4.78, 5) is 11.5. The Hall–Kier alpha value is -1.44. The standard InChI is InChI=1S/C12H16N2O4S/c1-13-12(16)9-2-4-11(5-3-9)19(17,18)14-7-6-10(15)8-14/h2-5,10,15H,6-8H2,1H3,(H,13,16)/t10-/m1/s1. The van der Waals surface area contributed by atoms with Crippen molar-refractivity contribution in [2.75, 3.05) is 20.1 Å². The van der Waals surface area contributed by atoms with Crippen molar-refractivity contribution in [1.29, 1.82) is 0 Å². The summed E-state index contributed by atoms with van der Waals surface area (Å²) in [5.41, 5.74) is 0.405.